The Kier molecular flexibility index (Phi) is 6.53. The zero-order chi connectivity index (χ0) is 18.4. The van der Waals surface area contributed by atoms with Gasteiger partial charge in [0.2, 0.25) is 0 Å². The van der Waals surface area contributed by atoms with Crippen molar-refractivity contribution in [1.82, 2.24) is 0 Å². The van der Waals surface area contributed by atoms with Gasteiger partial charge in [0.05, 0.1) is 24.6 Å². The molecule has 1 N–H and O–H groups in total. The average Bonchev–Trinajstić information content (AvgIpc) is 2.56. The summed E-state index contributed by atoms with van der Waals surface area (Å²) in [6.45, 7) is 4.81. The summed E-state index contributed by atoms with van der Waals surface area (Å²) in [5.41, 5.74) is 2.00. The zero-order valence-electron chi connectivity index (χ0n) is 14.9. The molecule has 0 spiro atoms. The highest BCUT2D eigenvalue weighted by Crippen LogP contribution is 2.31. The number of nitrogens with zero attached hydrogens (tertiary/aromatic N) is 1. The third-order valence-corrected chi connectivity index (χ3v) is 3.73. The summed E-state index contributed by atoms with van der Waals surface area (Å²) < 4.78 is 11.1. The van der Waals surface area contributed by atoms with Crippen molar-refractivity contribution < 1.29 is 14.3 Å². The summed E-state index contributed by atoms with van der Waals surface area (Å²) in [4.78, 5) is 14.6. The molecule has 1 amide bonds. The van der Waals surface area contributed by atoms with Crippen LogP contribution in [0.3, 0.4) is 0 Å². The Labute approximate surface area is 153 Å². The molecule has 0 heterocycles. The molecular formula is C19H23ClN2O3. The predicted octanol–water partition coefficient (Wildman–Crippen LogP) is 4.46. The molecule has 25 heavy (non-hydrogen) atoms. The second kappa shape index (κ2) is 8.62. The third-order valence-electron chi connectivity index (χ3n) is 3.49. The molecule has 6 heteroatoms. The lowest BCUT2D eigenvalue weighted by molar-refractivity contribution is 0.102. The highest BCUT2D eigenvalue weighted by molar-refractivity contribution is 6.31. The summed E-state index contributed by atoms with van der Waals surface area (Å²) in [5.74, 6) is 0.933. The van der Waals surface area contributed by atoms with Crippen molar-refractivity contribution in [3.63, 3.8) is 0 Å². The van der Waals surface area contributed by atoms with E-state index < -0.39 is 0 Å². The smallest absolute Gasteiger partial charge is 0.255 e. The van der Waals surface area contributed by atoms with E-state index >= 15 is 0 Å². The lowest BCUT2D eigenvalue weighted by atomic mass is 10.1. The number of amides is 1. The first-order valence-electron chi connectivity index (χ1n) is 8.14. The van der Waals surface area contributed by atoms with Gasteiger partial charge in [-0.2, -0.15) is 0 Å². The fraction of sp³-hybridized carbons (Fsp3) is 0.316. The van der Waals surface area contributed by atoms with E-state index in [1.807, 2.05) is 38.9 Å². The van der Waals surface area contributed by atoms with Crippen molar-refractivity contribution in [3.05, 3.63) is 47.0 Å². The Morgan fingerprint density at radius 1 is 1.04 bits per heavy atom. The lowest BCUT2D eigenvalue weighted by Crippen LogP contribution is -2.17. The fourth-order valence-electron chi connectivity index (χ4n) is 2.39. The normalized spacial score (nSPS) is 10.3. The van der Waals surface area contributed by atoms with Crippen LogP contribution in [0.2, 0.25) is 5.02 Å². The van der Waals surface area contributed by atoms with E-state index in [0.717, 1.165) is 5.69 Å². The first kappa shape index (κ1) is 18.9. The lowest BCUT2D eigenvalue weighted by Gasteiger charge is -2.18. The van der Waals surface area contributed by atoms with Gasteiger partial charge in [-0.1, -0.05) is 11.6 Å². The van der Waals surface area contributed by atoms with Crippen LogP contribution in [0.4, 0.5) is 11.4 Å². The molecule has 0 fully saturated rings. The van der Waals surface area contributed by atoms with E-state index in [0.29, 0.717) is 41.0 Å². The maximum absolute atomic E-state index is 12.7. The number of benzene rings is 2. The van der Waals surface area contributed by atoms with Gasteiger partial charge in [0, 0.05) is 24.7 Å². The van der Waals surface area contributed by atoms with E-state index in [4.69, 9.17) is 21.1 Å². The van der Waals surface area contributed by atoms with Crippen LogP contribution in [0.15, 0.2) is 36.4 Å². The van der Waals surface area contributed by atoms with Gasteiger partial charge in [0.1, 0.15) is 0 Å². The molecule has 5 nitrogen and oxygen atoms in total. The van der Waals surface area contributed by atoms with Crippen LogP contribution in [0.5, 0.6) is 11.5 Å². The van der Waals surface area contributed by atoms with Crippen LogP contribution in [0.25, 0.3) is 0 Å². The van der Waals surface area contributed by atoms with E-state index in [1.165, 1.54) is 0 Å². The van der Waals surface area contributed by atoms with Gasteiger partial charge in [-0.3, -0.25) is 4.79 Å². The predicted molar refractivity (Wildman–Crippen MR) is 103 cm³/mol. The molecule has 0 atom stereocenters. The second-order valence-corrected chi connectivity index (χ2v) is 5.97. The standard InChI is InChI=1S/C19H23ClN2O3/c1-5-24-17-10-7-13(11-18(17)25-6-2)19(23)21-15-12-14(20)8-9-16(15)22(3)4/h7-12H,5-6H2,1-4H3,(H,21,23). The van der Waals surface area contributed by atoms with Crippen molar-refractivity contribution in [3.8, 4) is 11.5 Å². The molecule has 2 aromatic rings. The minimum absolute atomic E-state index is 0.241. The molecule has 2 aromatic carbocycles. The van der Waals surface area contributed by atoms with Crippen molar-refractivity contribution in [2.75, 3.05) is 37.5 Å². The number of ether oxygens (including phenoxy) is 2. The molecule has 0 aliphatic carbocycles. The Hall–Kier alpha value is -2.40. The van der Waals surface area contributed by atoms with Gasteiger partial charge in [-0.05, 0) is 50.2 Å². The van der Waals surface area contributed by atoms with E-state index in [-0.39, 0.29) is 5.91 Å². The first-order chi connectivity index (χ1) is 12.0. The van der Waals surface area contributed by atoms with Crippen LogP contribution in [0, 0.1) is 0 Å². The molecule has 134 valence electrons. The van der Waals surface area contributed by atoms with E-state index in [9.17, 15) is 4.79 Å². The number of rotatable bonds is 7. The Morgan fingerprint density at radius 3 is 2.36 bits per heavy atom. The van der Waals surface area contributed by atoms with Gasteiger partial charge in [0.15, 0.2) is 11.5 Å². The maximum Gasteiger partial charge on any atom is 0.255 e. The number of carbonyl (C=O) groups is 1. The summed E-state index contributed by atoms with van der Waals surface area (Å²) in [6.07, 6.45) is 0. The van der Waals surface area contributed by atoms with Crippen LogP contribution >= 0.6 is 11.6 Å². The Morgan fingerprint density at radius 2 is 1.72 bits per heavy atom. The molecule has 0 bridgehead atoms. The van der Waals surface area contributed by atoms with Gasteiger partial charge < -0.3 is 19.7 Å². The molecule has 0 saturated carbocycles. The Balaban J connectivity index is 2.29. The molecule has 0 radical (unpaired) electrons. The molecule has 0 saturated heterocycles. The van der Waals surface area contributed by atoms with Crippen LogP contribution in [-0.4, -0.2) is 33.2 Å². The monoisotopic (exact) mass is 362 g/mol. The molecule has 0 aromatic heterocycles. The highest BCUT2D eigenvalue weighted by atomic mass is 35.5. The van der Waals surface area contributed by atoms with Crippen molar-refractivity contribution in [2.24, 2.45) is 0 Å². The SMILES string of the molecule is CCOc1ccc(C(=O)Nc2cc(Cl)ccc2N(C)C)cc1OCC. The number of carbonyl (C=O) groups excluding carboxylic acids is 1. The highest BCUT2D eigenvalue weighted by Gasteiger charge is 2.14. The topological polar surface area (TPSA) is 50.8 Å². The number of hydrogen-bond acceptors (Lipinski definition) is 4. The van der Waals surface area contributed by atoms with Gasteiger partial charge in [-0.15, -0.1) is 0 Å². The van der Waals surface area contributed by atoms with Gasteiger partial charge in [-0.25, -0.2) is 0 Å². The third kappa shape index (κ3) is 4.79. The second-order valence-electron chi connectivity index (χ2n) is 5.54. The van der Waals surface area contributed by atoms with E-state index in [1.54, 1.807) is 30.3 Å². The van der Waals surface area contributed by atoms with Crippen LogP contribution in [-0.2, 0) is 0 Å². The summed E-state index contributed by atoms with van der Waals surface area (Å²) in [7, 11) is 3.81. The summed E-state index contributed by atoms with van der Waals surface area (Å²) in [5, 5.41) is 3.47. The first-order valence-corrected chi connectivity index (χ1v) is 8.51. The van der Waals surface area contributed by atoms with Crippen molar-refractivity contribution >= 4 is 28.9 Å². The number of halogens is 1. The van der Waals surface area contributed by atoms with E-state index in [2.05, 4.69) is 5.32 Å². The van der Waals surface area contributed by atoms with Gasteiger partial charge >= 0.3 is 0 Å². The molecule has 0 aliphatic heterocycles. The summed E-state index contributed by atoms with van der Waals surface area (Å²) >= 11 is 6.07. The minimum atomic E-state index is -0.241. The molecular weight excluding hydrogens is 340 g/mol. The van der Waals surface area contributed by atoms with Crippen LogP contribution in [0.1, 0.15) is 24.2 Å². The molecule has 2 rings (SSSR count). The van der Waals surface area contributed by atoms with Gasteiger partial charge in [0.25, 0.3) is 5.91 Å². The zero-order valence-corrected chi connectivity index (χ0v) is 15.7. The number of nitrogens with one attached hydrogen (secondary N) is 1. The fourth-order valence-corrected chi connectivity index (χ4v) is 2.56. The minimum Gasteiger partial charge on any atom is -0.490 e. The van der Waals surface area contributed by atoms with Crippen molar-refractivity contribution in [1.29, 1.82) is 0 Å². The largest absolute Gasteiger partial charge is 0.490 e. The molecule has 0 unspecified atom stereocenters. The number of anilines is 2. The average molecular weight is 363 g/mol. The summed E-state index contributed by atoms with van der Waals surface area (Å²) in [6, 6.07) is 10.5. The quantitative estimate of drug-likeness (QED) is 0.790. The van der Waals surface area contributed by atoms with Crippen LogP contribution < -0.4 is 19.7 Å². The Bertz CT molecular complexity index is 747. The number of hydrogen-bond donors (Lipinski definition) is 1. The van der Waals surface area contributed by atoms with Crippen molar-refractivity contribution in [2.45, 2.75) is 13.8 Å². The maximum atomic E-state index is 12.7. The molecule has 0 aliphatic rings.